The zero-order valence-electron chi connectivity index (χ0n) is 61.3. The lowest BCUT2D eigenvalue weighted by atomic mass is 9.69. The minimum Gasteiger partial charge on any atom is -0.391 e. The Hall–Kier alpha value is -7.37. The van der Waals surface area contributed by atoms with Crippen LogP contribution in [0.15, 0.2) is 147 Å². The van der Waals surface area contributed by atoms with Crippen LogP contribution in [0.1, 0.15) is 151 Å². The van der Waals surface area contributed by atoms with E-state index in [1.807, 2.05) is 106 Å². The molecule has 2 aliphatic carbocycles. The number of thiazole rings is 1. The summed E-state index contributed by atoms with van der Waals surface area (Å²) in [6, 6.07) is 31.0. The minimum absolute atomic E-state index is 0.0345. The van der Waals surface area contributed by atoms with Crippen molar-refractivity contribution in [2.75, 3.05) is 88.0 Å². The van der Waals surface area contributed by atoms with E-state index in [2.05, 4.69) is 47.8 Å². The number of aliphatic hydroxyl groups is 1. The number of likely N-dealkylation sites (tertiary alicyclic amines) is 1. The number of β-amino-alcohol motifs (C(OH)–C–C–N with tert-alkyl or cyclic N) is 1. The number of piperazine rings is 2. The molecule has 5 aliphatic rings. The van der Waals surface area contributed by atoms with Gasteiger partial charge in [0, 0.05) is 124 Å². The van der Waals surface area contributed by atoms with Crippen LogP contribution in [0.3, 0.4) is 0 Å². The number of carbonyl (C=O) groups is 5. The molecule has 5 aromatic carbocycles. The fourth-order valence-corrected chi connectivity index (χ4v) is 19.3. The number of sulfonamides is 1. The number of carbonyl (C=O) groups excluding carboxylic acids is 5. The molecule has 5 N–H and O–H groups in total. The number of nitrogens with zero attached hydrogens (tertiary/aromatic N) is 6. The van der Waals surface area contributed by atoms with Gasteiger partial charge in [-0.25, -0.2) is 26.5 Å². The summed E-state index contributed by atoms with van der Waals surface area (Å²) in [4.78, 5) is 82.8. The highest BCUT2D eigenvalue weighted by Gasteiger charge is 2.49. The van der Waals surface area contributed by atoms with Crippen LogP contribution in [-0.4, -0.2) is 184 Å². The van der Waals surface area contributed by atoms with Crippen LogP contribution >= 0.6 is 34.7 Å². The van der Waals surface area contributed by atoms with Crippen LogP contribution in [-0.2, 0) is 39.0 Å². The maximum Gasteiger partial charge on any atom is 0.501 e. The van der Waals surface area contributed by atoms with Crippen molar-refractivity contribution in [3.8, 4) is 10.4 Å². The topological polar surface area (TPSA) is 251 Å². The number of benzene rings is 5. The van der Waals surface area contributed by atoms with Crippen LogP contribution in [0.4, 0.5) is 24.5 Å². The van der Waals surface area contributed by atoms with Gasteiger partial charge in [0.05, 0.1) is 38.8 Å². The quantitative estimate of drug-likeness (QED) is 0.0226. The van der Waals surface area contributed by atoms with E-state index in [4.69, 9.17) is 11.6 Å². The molecule has 5 amide bonds. The van der Waals surface area contributed by atoms with Gasteiger partial charge in [-0.2, -0.15) is 13.2 Å². The van der Waals surface area contributed by atoms with Crippen LogP contribution in [0.5, 0.6) is 0 Å². The first-order valence-electron chi connectivity index (χ1n) is 37.0. The first-order valence-corrected chi connectivity index (χ1v) is 42.2. The zero-order chi connectivity index (χ0) is 76.4. The molecule has 1 saturated carbocycles. The number of rotatable bonds is 28. The average molecular weight is 1570 g/mol. The number of alkyl halides is 3. The van der Waals surface area contributed by atoms with Gasteiger partial charge in [-0.3, -0.25) is 33.8 Å². The molecule has 0 radical (unpaired) electrons. The molecule has 3 aliphatic heterocycles. The Balaban J connectivity index is 0.644. The Morgan fingerprint density at radius 1 is 0.776 bits per heavy atom. The number of nitrogens with one attached hydrogen (secondary N) is 4. The van der Waals surface area contributed by atoms with E-state index in [0.717, 1.165) is 90.0 Å². The normalized spacial score (nSPS) is 19.2. The first-order chi connectivity index (χ1) is 50.9. The second-order valence-electron chi connectivity index (χ2n) is 30.2. The lowest BCUT2D eigenvalue weighted by Crippen LogP contribution is -2.57. The highest BCUT2D eigenvalue weighted by atomic mass is 35.5. The van der Waals surface area contributed by atoms with Gasteiger partial charge < -0.3 is 35.8 Å². The standard InChI is InChI=1S/C79H98ClF3N10O10S4/c1-53(55-18-20-57(21-19-55)72-54(2)84-52-105-72)85-75(98)68-46-63(94)50-93(68)76(99)73(77(3,4)5)87-70(95)16-10-7-11-17-71(96)92-44-38-89(39-45-92)37-33-61(51-104-64-14-8-6-9-15-64)86-67-31-30-65(47-69(67)106(100,101)79(81,82)83)107(102,103)88-74(97)58-24-28-62(29-25-58)91-42-40-90(41-43-91)49-59-48-78(34-12-13-35-78)36-32-66(59)56-22-26-60(80)27-23-56/h6,8-9,14-15,18-31,47,52-53,61,63,68,73,86,94H,7,10-13,16-17,32-46,48-51H2,1-5H3,(H,85,98)(H,87,95)(H,88,97)/t53-,61+,63+,68-,73+/m0/s1. The lowest BCUT2D eigenvalue weighted by molar-refractivity contribution is -0.144. The number of aromatic nitrogens is 1. The number of hydrogen-bond donors (Lipinski definition) is 5. The van der Waals surface area contributed by atoms with E-state index in [0.29, 0.717) is 74.9 Å². The molecule has 0 unspecified atom stereocenters. The molecule has 28 heteroatoms. The molecule has 576 valence electrons. The molecule has 4 fully saturated rings. The monoisotopic (exact) mass is 1570 g/mol. The van der Waals surface area contributed by atoms with Gasteiger partial charge in [-0.1, -0.05) is 112 Å². The molecule has 20 nitrogen and oxygen atoms in total. The summed E-state index contributed by atoms with van der Waals surface area (Å²) in [5.74, 6) is -2.09. The fraction of sp³-hybridized carbons (Fsp3) is 0.494. The van der Waals surface area contributed by atoms with Crippen LogP contribution in [0.25, 0.3) is 16.0 Å². The van der Waals surface area contributed by atoms with Crippen molar-refractivity contribution in [2.24, 2.45) is 10.8 Å². The number of unbranched alkanes of at least 4 members (excludes halogenated alkanes) is 2. The Kier molecular flexibility index (Phi) is 26.5. The smallest absolute Gasteiger partial charge is 0.391 e. The van der Waals surface area contributed by atoms with Crippen molar-refractivity contribution >= 4 is 101 Å². The van der Waals surface area contributed by atoms with Crippen molar-refractivity contribution in [3.63, 3.8) is 0 Å². The highest BCUT2D eigenvalue weighted by molar-refractivity contribution is 7.99. The summed E-state index contributed by atoms with van der Waals surface area (Å²) < 4.78 is 101. The molecule has 1 spiro atoms. The molecule has 107 heavy (non-hydrogen) atoms. The van der Waals surface area contributed by atoms with E-state index in [-0.39, 0.29) is 48.9 Å². The van der Waals surface area contributed by atoms with E-state index in [1.165, 1.54) is 77.6 Å². The van der Waals surface area contributed by atoms with Crippen molar-refractivity contribution in [3.05, 3.63) is 160 Å². The number of halogens is 4. The van der Waals surface area contributed by atoms with Gasteiger partial charge in [-0.05, 0) is 165 Å². The third-order valence-corrected chi connectivity index (χ3v) is 26.8. The van der Waals surface area contributed by atoms with E-state index in [9.17, 15) is 59.1 Å². The highest BCUT2D eigenvalue weighted by Crippen LogP contribution is 2.52. The molecular formula is C79H98ClF3N10O10S4. The number of amides is 5. The molecular weight excluding hydrogens is 1470 g/mol. The van der Waals surface area contributed by atoms with Gasteiger partial charge in [0.1, 0.15) is 17.0 Å². The third kappa shape index (κ3) is 20.6. The van der Waals surface area contributed by atoms with Crippen molar-refractivity contribution < 1.29 is 59.1 Å². The maximum atomic E-state index is 14.6. The van der Waals surface area contributed by atoms with E-state index < -0.39 is 94.3 Å². The molecule has 5 atom stereocenters. The fourth-order valence-electron chi connectivity index (χ4n) is 15.4. The molecule has 1 aromatic heterocycles. The second-order valence-corrected chi connectivity index (χ2v) is 36.2. The van der Waals surface area contributed by atoms with Gasteiger partial charge in [-0.15, -0.1) is 23.1 Å². The summed E-state index contributed by atoms with van der Waals surface area (Å²) in [6.07, 6.45) is 9.72. The Morgan fingerprint density at radius 2 is 1.44 bits per heavy atom. The van der Waals surface area contributed by atoms with Gasteiger partial charge in [0.2, 0.25) is 23.6 Å². The number of sulfone groups is 1. The van der Waals surface area contributed by atoms with Gasteiger partial charge in [0.25, 0.3) is 25.8 Å². The van der Waals surface area contributed by atoms with Crippen molar-refractivity contribution in [1.29, 1.82) is 0 Å². The van der Waals surface area contributed by atoms with Gasteiger partial charge >= 0.3 is 5.51 Å². The van der Waals surface area contributed by atoms with Crippen molar-refractivity contribution in [2.45, 2.75) is 175 Å². The number of anilines is 2. The Labute approximate surface area is 640 Å². The number of aryl methyl sites for hydroxylation is 1. The largest absolute Gasteiger partial charge is 0.501 e. The molecule has 0 bridgehead atoms. The summed E-state index contributed by atoms with van der Waals surface area (Å²) in [5, 5.41) is 20.4. The van der Waals surface area contributed by atoms with E-state index in [1.54, 1.807) is 33.9 Å². The van der Waals surface area contributed by atoms with Crippen LogP contribution in [0.2, 0.25) is 5.02 Å². The lowest BCUT2D eigenvalue weighted by Gasteiger charge is -2.41. The zero-order valence-corrected chi connectivity index (χ0v) is 65.4. The summed E-state index contributed by atoms with van der Waals surface area (Å²) >= 11 is 9.22. The number of allylic oxidation sites excluding steroid dienone is 1. The Bertz CT molecular complexity index is 4370. The second kappa shape index (κ2) is 35.1. The number of hydrogen-bond acceptors (Lipinski definition) is 17. The van der Waals surface area contributed by atoms with Crippen LogP contribution < -0.4 is 25.6 Å². The van der Waals surface area contributed by atoms with Crippen LogP contribution in [0, 0.1) is 17.8 Å². The minimum atomic E-state index is -6.18. The third-order valence-electron chi connectivity index (χ3n) is 21.6. The summed E-state index contributed by atoms with van der Waals surface area (Å²) in [5.41, 5.74) is 2.89. The average Bonchev–Trinajstić information content (AvgIpc) is 1.21. The van der Waals surface area contributed by atoms with Crippen molar-refractivity contribution in [1.82, 2.24) is 39.9 Å². The molecule has 4 heterocycles. The molecule has 3 saturated heterocycles. The predicted octanol–water partition coefficient (Wildman–Crippen LogP) is 12.9. The van der Waals surface area contributed by atoms with E-state index >= 15 is 0 Å². The summed E-state index contributed by atoms with van der Waals surface area (Å²) in [7, 11) is -11.1. The first kappa shape index (κ1) is 80.6. The molecule has 6 aromatic rings. The predicted molar refractivity (Wildman–Crippen MR) is 414 cm³/mol. The molecule has 11 rings (SSSR count). The SMILES string of the molecule is Cc1ncsc1-c1ccc([C@H](C)NC(=O)[C@@H]2C[C@@H](O)CN2C(=O)[C@@H](NC(=O)CCCCCC(=O)N2CCN(CC[C@H](CSc3ccccc3)Nc3ccc(S(=O)(=O)NC(=O)c4ccc(N5CCN(CC6=C(c7ccc(Cl)cc7)CCC7(CCCC7)C6)CC5)cc4)cc3S(=O)(=O)C(F)(F)F)CC2)C(C)(C)C)cc1. The maximum absolute atomic E-state index is 14.6. The Morgan fingerprint density at radius 3 is 2.09 bits per heavy atom. The number of aliphatic hydroxyl groups excluding tert-OH is 1. The summed E-state index contributed by atoms with van der Waals surface area (Å²) in [6.45, 7) is 15.3. The number of thioether (sulfide) groups is 1. The van der Waals surface area contributed by atoms with Gasteiger partial charge in [0.15, 0.2) is 0 Å².